The van der Waals surface area contributed by atoms with Crippen LogP contribution in [0.25, 0.3) is 44.7 Å². The van der Waals surface area contributed by atoms with Crippen LogP contribution in [0.4, 0.5) is 10.5 Å². The maximum Gasteiger partial charge on any atom is 0.407 e. The lowest BCUT2D eigenvalue weighted by Gasteiger charge is -2.27. The molecule has 0 aliphatic heterocycles. The van der Waals surface area contributed by atoms with Gasteiger partial charge in [-0.05, 0) is 72.6 Å². The fourth-order valence-electron chi connectivity index (χ4n) is 6.32. The van der Waals surface area contributed by atoms with Crippen molar-refractivity contribution < 1.29 is 23.2 Å². The number of aromatic nitrogens is 4. The predicted octanol–water partition coefficient (Wildman–Crippen LogP) is 7.47. The molecule has 0 spiro atoms. The fraction of sp³-hybridized carbons (Fsp3) is 0.256. The van der Waals surface area contributed by atoms with Gasteiger partial charge in [0.1, 0.15) is 5.69 Å². The number of hydrogen-bond acceptors (Lipinski definition) is 8. The zero-order chi connectivity index (χ0) is 38.1. The Morgan fingerprint density at radius 1 is 0.925 bits per heavy atom. The third-order valence-electron chi connectivity index (χ3n) is 8.63. The van der Waals surface area contributed by atoms with Gasteiger partial charge in [0.2, 0.25) is 0 Å². The van der Waals surface area contributed by atoms with E-state index in [9.17, 15) is 28.4 Å². The van der Waals surface area contributed by atoms with Crippen LogP contribution in [0.2, 0.25) is 0 Å². The Morgan fingerprint density at radius 2 is 1.58 bits per heavy atom. The summed E-state index contributed by atoms with van der Waals surface area (Å²) in [6.07, 6.45) is 2.30. The molecule has 274 valence electrons. The maximum atomic E-state index is 14.4. The second-order valence-corrected chi connectivity index (χ2v) is 16.2. The maximum absolute atomic E-state index is 14.4. The zero-order valence-electron chi connectivity index (χ0n) is 30.2. The van der Waals surface area contributed by atoms with E-state index in [4.69, 9.17) is 5.10 Å². The molecule has 0 radical (unpaired) electrons. The smallest absolute Gasteiger partial charge is 0.407 e. The molecule has 3 aromatic carbocycles. The normalized spacial score (nSPS) is 12.0. The summed E-state index contributed by atoms with van der Waals surface area (Å²) < 4.78 is 31.8. The summed E-state index contributed by atoms with van der Waals surface area (Å²) in [5.41, 5.74) is 4.35. The molecule has 53 heavy (non-hydrogen) atoms. The number of nitro benzene ring substituents is 1. The number of carbonyl (C=O) groups is 1. The molecule has 0 atom stereocenters. The molecule has 0 aliphatic carbocycles. The van der Waals surface area contributed by atoms with Crippen LogP contribution in [0.5, 0.6) is 0 Å². The molecule has 0 saturated carbocycles. The highest BCUT2D eigenvalue weighted by molar-refractivity contribution is 7.90. The number of nitrogens with zero attached hydrogens (tertiary/aromatic N) is 7. The van der Waals surface area contributed by atoms with E-state index < -0.39 is 21.0 Å². The van der Waals surface area contributed by atoms with Crippen molar-refractivity contribution in [2.75, 3.05) is 27.2 Å². The van der Waals surface area contributed by atoms with E-state index >= 15 is 0 Å². The lowest BCUT2D eigenvalue weighted by Crippen LogP contribution is -2.38. The number of rotatable bonds is 12. The Balaban J connectivity index is 1.55. The van der Waals surface area contributed by atoms with E-state index in [1.54, 1.807) is 65.6 Å². The van der Waals surface area contributed by atoms with E-state index in [1.807, 2.05) is 65.2 Å². The molecular formula is C39H41N7O6S. The first kappa shape index (κ1) is 36.9. The van der Waals surface area contributed by atoms with Crippen LogP contribution in [-0.4, -0.2) is 80.3 Å². The first-order chi connectivity index (χ1) is 25.1. The largest absolute Gasteiger partial charge is 0.465 e. The van der Waals surface area contributed by atoms with Crippen molar-refractivity contribution >= 4 is 32.8 Å². The first-order valence-corrected chi connectivity index (χ1v) is 18.4. The quantitative estimate of drug-likeness (QED) is 0.0995. The summed E-state index contributed by atoms with van der Waals surface area (Å²) in [4.78, 5) is 31.2. The lowest BCUT2D eigenvalue weighted by atomic mass is 9.96. The molecule has 0 aliphatic rings. The molecule has 0 bridgehead atoms. The van der Waals surface area contributed by atoms with Gasteiger partial charge in [-0.1, -0.05) is 63.2 Å². The van der Waals surface area contributed by atoms with Crippen molar-refractivity contribution in [3.05, 3.63) is 119 Å². The Kier molecular flexibility index (Phi) is 10.2. The monoisotopic (exact) mass is 735 g/mol. The molecule has 3 aromatic heterocycles. The molecule has 1 amide bonds. The van der Waals surface area contributed by atoms with E-state index in [2.05, 4.69) is 9.88 Å². The van der Waals surface area contributed by atoms with Gasteiger partial charge in [0.05, 0.1) is 22.1 Å². The zero-order valence-corrected chi connectivity index (χ0v) is 31.0. The van der Waals surface area contributed by atoms with Gasteiger partial charge >= 0.3 is 6.09 Å². The summed E-state index contributed by atoms with van der Waals surface area (Å²) in [6, 6.07) is 25.5. The first-order valence-electron chi connectivity index (χ1n) is 17.0. The standard InChI is InChI=1S/C39H41N7O6S/c1-39(2,3)26-43(38(47)48)21-22-44-25-34(36(41-44)29-15-17-30(18-16-29)46(49)50)32-19-20-40-37-33(32)23-35(28-13-11-27(12-14-28)24-42(4)5)45(37)53(51,52)31-9-7-6-8-10-31/h6-20,23,25H,21-22,24,26H2,1-5H3,(H,47,48). The van der Waals surface area contributed by atoms with Crippen molar-refractivity contribution in [3.63, 3.8) is 0 Å². The Bertz CT molecular complexity index is 2380. The van der Waals surface area contributed by atoms with Gasteiger partial charge in [0.25, 0.3) is 15.7 Å². The number of carboxylic acid groups (broad SMARTS) is 1. The molecule has 0 unspecified atom stereocenters. The number of amides is 1. The van der Waals surface area contributed by atoms with Gasteiger partial charge < -0.3 is 14.9 Å². The van der Waals surface area contributed by atoms with Crippen molar-refractivity contribution in [1.82, 2.24) is 28.5 Å². The van der Waals surface area contributed by atoms with Crippen LogP contribution in [0.1, 0.15) is 26.3 Å². The highest BCUT2D eigenvalue weighted by Crippen LogP contribution is 2.40. The van der Waals surface area contributed by atoms with Crippen LogP contribution < -0.4 is 0 Å². The molecule has 14 heteroatoms. The lowest BCUT2D eigenvalue weighted by molar-refractivity contribution is -0.384. The van der Waals surface area contributed by atoms with Gasteiger partial charge in [-0.15, -0.1) is 0 Å². The summed E-state index contributed by atoms with van der Waals surface area (Å²) in [5, 5.41) is 26.8. The summed E-state index contributed by atoms with van der Waals surface area (Å²) in [6.45, 7) is 7.32. The third-order valence-corrected chi connectivity index (χ3v) is 10.3. The van der Waals surface area contributed by atoms with Gasteiger partial charge in [0.15, 0.2) is 5.65 Å². The number of fused-ring (bicyclic) bond motifs is 1. The summed E-state index contributed by atoms with van der Waals surface area (Å²) >= 11 is 0. The Morgan fingerprint density at radius 3 is 2.19 bits per heavy atom. The van der Waals surface area contributed by atoms with Crippen LogP contribution in [0.15, 0.2) is 108 Å². The Hall–Kier alpha value is -5.86. The third kappa shape index (κ3) is 7.98. The average Bonchev–Trinajstić information content (AvgIpc) is 3.73. The van der Waals surface area contributed by atoms with Gasteiger partial charge in [-0.3, -0.25) is 14.8 Å². The summed E-state index contributed by atoms with van der Waals surface area (Å²) in [5.74, 6) is 0. The second-order valence-electron chi connectivity index (χ2n) is 14.4. The van der Waals surface area contributed by atoms with Gasteiger partial charge in [0, 0.05) is 60.7 Å². The fourth-order valence-corrected chi connectivity index (χ4v) is 7.83. The van der Waals surface area contributed by atoms with Crippen LogP contribution in [-0.2, 0) is 23.1 Å². The SMILES string of the molecule is CN(C)Cc1ccc(-c2cc3c(-c4cn(CCN(CC(C)(C)C)C(=O)O)nc4-c4ccc([N+](=O)[O-])cc4)ccnc3n2S(=O)(=O)c2ccccc2)cc1. The molecule has 0 fully saturated rings. The number of non-ortho nitro benzene ring substituents is 1. The molecule has 3 heterocycles. The van der Waals surface area contributed by atoms with Crippen LogP contribution in [0, 0.1) is 15.5 Å². The molecule has 0 saturated heterocycles. The summed E-state index contributed by atoms with van der Waals surface area (Å²) in [7, 11) is -0.183. The molecule has 1 N–H and O–H groups in total. The van der Waals surface area contributed by atoms with Crippen molar-refractivity contribution in [3.8, 4) is 33.6 Å². The predicted molar refractivity (Wildman–Crippen MR) is 204 cm³/mol. The van der Waals surface area contributed by atoms with Crippen LogP contribution >= 0.6 is 0 Å². The number of pyridine rings is 1. The molecule has 6 aromatic rings. The number of hydrogen-bond donors (Lipinski definition) is 1. The number of benzene rings is 3. The molecule has 6 rings (SSSR count). The van der Waals surface area contributed by atoms with E-state index in [1.165, 1.54) is 21.0 Å². The topological polar surface area (TPSA) is 157 Å². The van der Waals surface area contributed by atoms with Gasteiger partial charge in [-0.2, -0.15) is 5.10 Å². The number of nitro groups is 1. The highest BCUT2D eigenvalue weighted by atomic mass is 32.2. The van der Waals surface area contributed by atoms with E-state index in [0.717, 1.165) is 5.56 Å². The van der Waals surface area contributed by atoms with E-state index in [0.29, 0.717) is 52.1 Å². The van der Waals surface area contributed by atoms with Crippen LogP contribution in [0.3, 0.4) is 0 Å². The second kappa shape index (κ2) is 14.6. The van der Waals surface area contributed by atoms with Crippen molar-refractivity contribution in [1.29, 1.82) is 0 Å². The average molecular weight is 736 g/mol. The minimum Gasteiger partial charge on any atom is -0.465 e. The van der Waals surface area contributed by atoms with Crippen molar-refractivity contribution in [2.24, 2.45) is 5.41 Å². The van der Waals surface area contributed by atoms with Gasteiger partial charge in [-0.25, -0.2) is 22.2 Å². The molecule has 13 nitrogen and oxygen atoms in total. The highest BCUT2D eigenvalue weighted by Gasteiger charge is 2.28. The van der Waals surface area contributed by atoms with Crippen molar-refractivity contribution in [2.45, 2.75) is 38.8 Å². The minimum absolute atomic E-state index is 0.0789. The van der Waals surface area contributed by atoms with E-state index in [-0.39, 0.29) is 34.7 Å². The minimum atomic E-state index is -4.14. The Labute approximate surface area is 307 Å². The molecular weight excluding hydrogens is 695 g/mol.